The molecule has 1 aliphatic carbocycles. The molecular weight excluding hydrogens is 275 g/mol. The van der Waals surface area contributed by atoms with Crippen molar-refractivity contribution in [1.82, 2.24) is 0 Å². The summed E-state index contributed by atoms with van der Waals surface area (Å²) in [5.41, 5.74) is 0.0583. The van der Waals surface area contributed by atoms with E-state index in [2.05, 4.69) is 5.32 Å². The van der Waals surface area contributed by atoms with E-state index in [4.69, 9.17) is 5.11 Å². The first-order valence-corrected chi connectivity index (χ1v) is 6.20. The van der Waals surface area contributed by atoms with E-state index < -0.39 is 23.5 Å². The summed E-state index contributed by atoms with van der Waals surface area (Å²) in [5, 5.41) is 11.3. The van der Waals surface area contributed by atoms with Crippen LogP contribution in [0.4, 0.5) is 14.5 Å². The van der Waals surface area contributed by atoms with E-state index in [1.54, 1.807) is 0 Å². The molecular formula is C14H14F2LiNO3. The van der Waals surface area contributed by atoms with Crippen LogP contribution >= 0.6 is 0 Å². The van der Waals surface area contributed by atoms with Crippen molar-refractivity contribution >= 4 is 17.6 Å². The molecule has 0 aliphatic heterocycles. The fraction of sp³-hybridized carbons (Fsp3) is 0.286. The average molecular weight is 289 g/mol. The van der Waals surface area contributed by atoms with Crippen LogP contribution in [0.15, 0.2) is 29.3 Å². The summed E-state index contributed by atoms with van der Waals surface area (Å²) in [6.07, 6.45) is 2.09. The Labute approximate surface area is 133 Å². The molecule has 4 nitrogen and oxygen atoms in total. The molecule has 0 atom stereocenters. The number of amides is 1. The Hall–Kier alpha value is -1.64. The van der Waals surface area contributed by atoms with Crippen LogP contribution in [-0.2, 0) is 9.59 Å². The van der Waals surface area contributed by atoms with Gasteiger partial charge in [0, 0.05) is 17.2 Å². The van der Waals surface area contributed by atoms with Gasteiger partial charge in [0.05, 0.1) is 5.69 Å². The molecule has 1 amide bonds. The molecule has 0 radical (unpaired) electrons. The molecule has 1 aliphatic rings. The first-order valence-electron chi connectivity index (χ1n) is 6.20. The average Bonchev–Trinajstić information content (AvgIpc) is 2.41. The number of carboxylic acids is 1. The molecule has 0 saturated heterocycles. The van der Waals surface area contributed by atoms with Crippen LogP contribution in [0.2, 0.25) is 0 Å². The third kappa shape index (κ3) is 4.16. The van der Waals surface area contributed by atoms with Gasteiger partial charge >= 0.3 is 24.8 Å². The number of anilines is 1. The van der Waals surface area contributed by atoms with Gasteiger partial charge in [-0.15, -0.1) is 0 Å². The molecule has 0 spiro atoms. The minimum atomic E-state index is -1.13. The van der Waals surface area contributed by atoms with Gasteiger partial charge in [-0.2, -0.15) is 0 Å². The summed E-state index contributed by atoms with van der Waals surface area (Å²) in [5.74, 6) is -3.42. The maximum Gasteiger partial charge on any atom is 1.00 e. The minimum absolute atomic E-state index is 0. The van der Waals surface area contributed by atoms with Gasteiger partial charge in [-0.05, 0) is 37.8 Å². The standard InChI is InChI=1S/C14H13F2NO3.Li.H/c15-8-5-6-12(11(16)7-8)17-13(18)9-3-1-2-4-10(9)14(19)20;;/h5-7H,1-4H2,(H,17,18)(H,19,20);;/q;+1;-1. The molecule has 1 aromatic rings. The van der Waals surface area contributed by atoms with Crippen molar-refractivity contribution < 1.29 is 43.8 Å². The Kier molecular flexibility index (Phi) is 6.13. The van der Waals surface area contributed by atoms with Gasteiger partial charge in [0.15, 0.2) is 0 Å². The SMILES string of the molecule is O=C(O)C1=C(C(=O)Nc2ccc(F)cc2F)CCCC1.[H-].[Li+]. The fourth-order valence-electron chi connectivity index (χ4n) is 2.18. The van der Waals surface area contributed by atoms with Crippen LogP contribution < -0.4 is 24.2 Å². The molecule has 0 bridgehead atoms. The second kappa shape index (κ2) is 7.39. The van der Waals surface area contributed by atoms with E-state index in [9.17, 15) is 18.4 Å². The van der Waals surface area contributed by atoms with Crippen molar-refractivity contribution in [1.29, 1.82) is 0 Å². The zero-order valence-corrected chi connectivity index (χ0v) is 11.6. The van der Waals surface area contributed by atoms with Crippen molar-refractivity contribution in [2.45, 2.75) is 25.7 Å². The molecule has 0 unspecified atom stereocenters. The van der Waals surface area contributed by atoms with Crippen LogP contribution in [-0.4, -0.2) is 17.0 Å². The zero-order valence-electron chi connectivity index (χ0n) is 12.6. The Morgan fingerprint density at radius 1 is 1.14 bits per heavy atom. The number of benzene rings is 1. The monoisotopic (exact) mass is 289 g/mol. The predicted molar refractivity (Wildman–Crippen MR) is 69.2 cm³/mol. The number of halogens is 2. The number of aliphatic carboxylic acids is 1. The van der Waals surface area contributed by atoms with Gasteiger partial charge in [-0.25, -0.2) is 13.6 Å². The number of rotatable bonds is 3. The van der Waals surface area contributed by atoms with Crippen LogP contribution in [0.5, 0.6) is 0 Å². The summed E-state index contributed by atoms with van der Waals surface area (Å²) in [4.78, 5) is 23.1. The van der Waals surface area contributed by atoms with Gasteiger partial charge in [-0.3, -0.25) is 4.79 Å². The maximum absolute atomic E-state index is 13.4. The number of nitrogens with one attached hydrogen (secondary N) is 1. The third-order valence-corrected chi connectivity index (χ3v) is 3.18. The number of carbonyl (C=O) groups is 2. The molecule has 7 heteroatoms. The van der Waals surface area contributed by atoms with Crippen LogP contribution in [0.1, 0.15) is 27.1 Å². The smallest absolute Gasteiger partial charge is 1.00 e. The molecule has 21 heavy (non-hydrogen) atoms. The minimum Gasteiger partial charge on any atom is -1.00 e. The molecule has 108 valence electrons. The Bertz CT molecular complexity index is 608. The fourth-order valence-corrected chi connectivity index (χ4v) is 2.18. The Balaban J connectivity index is 0.00000220. The van der Waals surface area contributed by atoms with Gasteiger partial charge < -0.3 is 11.8 Å². The Morgan fingerprint density at radius 3 is 2.33 bits per heavy atom. The van der Waals surface area contributed by atoms with E-state index >= 15 is 0 Å². The molecule has 2 rings (SSSR count). The summed E-state index contributed by atoms with van der Waals surface area (Å²) in [6, 6.07) is 2.78. The first-order chi connectivity index (χ1) is 9.49. The van der Waals surface area contributed by atoms with Crippen LogP contribution in [0, 0.1) is 11.6 Å². The second-order valence-corrected chi connectivity index (χ2v) is 4.55. The van der Waals surface area contributed by atoms with Gasteiger partial charge in [0.25, 0.3) is 5.91 Å². The molecule has 2 N–H and O–H groups in total. The second-order valence-electron chi connectivity index (χ2n) is 4.55. The van der Waals surface area contributed by atoms with Crippen LogP contribution in [0.25, 0.3) is 0 Å². The number of hydrogen-bond acceptors (Lipinski definition) is 2. The quantitative estimate of drug-likeness (QED) is 0.768. The van der Waals surface area contributed by atoms with E-state index in [-0.39, 0.29) is 37.1 Å². The summed E-state index contributed by atoms with van der Waals surface area (Å²) in [6.45, 7) is 0. The van der Waals surface area contributed by atoms with Crippen LogP contribution in [0.3, 0.4) is 0 Å². The molecule has 0 saturated carbocycles. The van der Waals surface area contributed by atoms with Gasteiger partial charge in [0.1, 0.15) is 11.6 Å². The van der Waals surface area contributed by atoms with Gasteiger partial charge in [0.2, 0.25) is 0 Å². The molecule has 0 heterocycles. The summed E-state index contributed by atoms with van der Waals surface area (Å²) >= 11 is 0. The Morgan fingerprint density at radius 2 is 1.76 bits per heavy atom. The normalized spacial score (nSPS) is 14.4. The number of carboxylic acid groups (broad SMARTS) is 1. The number of carbonyl (C=O) groups excluding carboxylic acids is 1. The third-order valence-electron chi connectivity index (χ3n) is 3.18. The topological polar surface area (TPSA) is 66.4 Å². The largest absolute Gasteiger partial charge is 1.00 e. The summed E-state index contributed by atoms with van der Waals surface area (Å²) < 4.78 is 26.2. The van der Waals surface area contributed by atoms with Gasteiger partial charge in [-0.1, -0.05) is 0 Å². The van der Waals surface area contributed by atoms with E-state index in [1.165, 1.54) is 0 Å². The van der Waals surface area contributed by atoms with Crippen molar-refractivity contribution in [3.63, 3.8) is 0 Å². The summed E-state index contributed by atoms with van der Waals surface area (Å²) in [7, 11) is 0. The molecule has 0 fully saturated rings. The first kappa shape index (κ1) is 17.4. The zero-order chi connectivity index (χ0) is 14.7. The van der Waals surface area contributed by atoms with Crippen molar-refractivity contribution in [3.05, 3.63) is 41.0 Å². The maximum atomic E-state index is 13.4. The molecule has 0 aromatic heterocycles. The van der Waals surface area contributed by atoms with E-state index in [0.717, 1.165) is 12.1 Å². The van der Waals surface area contributed by atoms with E-state index in [0.29, 0.717) is 31.7 Å². The van der Waals surface area contributed by atoms with E-state index in [1.807, 2.05) is 0 Å². The van der Waals surface area contributed by atoms with Crippen molar-refractivity contribution in [2.75, 3.05) is 5.32 Å². The predicted octanol–water partition coefficient (Wildman–Crippen LogP) is -0.0250. The van der Waals surface area contributed by atoms with Crippen molar-refractivity contribution in [2.24, 2.45) is 0 Å². The molecule has 1 aromatic carbocycles. The number of hydrogen-bond donors (Lipinski definition) is 2. The van der Waals surface area contributed by atoms with Crippen molar-refractivity contribution in [3.8, 4) is 0 Å².